The third-order valence-electron chi connectivity index (χ3n) is 1.76. The van der Waals surface area contributed by atoms with Crippen LogP contribution in [0.4, 0.5) is 13.2 Å². The molecule has 0 heterocycles. The zero-order valence-corrected chi connectivity index (χ0v) is 8.25. The lowest BCUT2D eigenvalue weighted by atomic mass is 10.1. The van der Waals surface area contributed by atoms with Crippen LogP contribution >= 0.6 is 0 Å². The lowest BCUT2D eigenvalue weighted by molar-refractivity contribution is -0.153. The minimum atomic E-state index is -4.43. The third kappa shape index (κ3) is 3.54. The zero-order valence-electron chi connectivity index (χ0n) is 8.25. The summed E-state index contributed by atoms with van der Waals surface area (Å²) in [5.74, 6) is -0.562. The van der Waals surface area contributed by atoms with Gasteiger partial charge in [0.1, 0.15) is 5.75 Å². The molecule has 1 aromatic carbocycles. The molecule has 2 N–H and O–H groups in total. The molecule has 0 amide bonds. The summed E-state index contributed by atoms with van der Waals surface area (Å²) < 4.78 is 40.3. The molecule has 0 bridgehead atoms. The monoisotopic (exact) mass is 233 g/mol. The van der Waals surface area contributed by atoms with Crippen molar-refractivity contribution in [1.29, 1.82) is 0 Å². The molecule has 6 heteroatoms. The minimum Gasteiger partial charge on any atom is -0.483 e. The van der Waals surface area contributed by atoms with Gasteiger partial charge in [0.25, 0.3) is 0 Å². The maximum absolute atomic E-state index is 11.9. The number of rotatable bonds is 4. The second-order valence-electron chi connectivity index (χ2n) is 3.03. The molecule has 16 heavy (non-hydrogen) atoms. The Kier molecular flexibility index (Phi) is 3.89. The van der Waals surface area contributed by atoms with E-state index in [9.17, 15) is 18.0 Å². The van der Waals surface area contributed by atoms with Crippen LogP contribution in [0.25, 0.3) is 0 Å². The Labute approximate surface area is 90.0 Å². The topological polar surface area (TPSA) is 52.3 Å². The number of ketones is 1. The normalized spacial score (nSPS) is 11.2. The molecule has 0 aliphatic carbocycles. The van der Waals surface area contributed by atoms with Crippen molar-refractivity contribution in [3.05, 3.63) is 29.8 Å². The van der Waals surface area contributed by atoms with Crippen LogP contribution in [0.15, 0.2) is 24.3 Å². The zero-order chi connectivity index (χ0) is 12.2. The number of ether oxygens (including phenoxy) is 1. The molecule has 0 atom stereocenters. The first-order chi connectivity index (χ1) is 7.44. The summed E-state index contributed by atoms with van der Waals surface area (Å²) in [5, 5.41) is 0. The maximum Gasteiger partial charge on any atom is 0.422 e. The Morgan fingerprint density at radius 2 is 1.94 bits per heavy atom. The molecule has 0 aliphatic heterocycles. The SMILES string of the molecule is NCC(=O)c1ccccc1OCC(F)(F)F. The summed E-state index contributed by atoms with van der Waals surface area (Å²) >= 11 is 0. The van der Waals surface area contributed by atoms with E-state index < -0.39 is 18.6 Å². The van der Waals surface area contributed by atoms with E-state index in [4.69, 9.17) is 5.73 Å². The van der Waals surface area contributed by atoms with E-state index >= 15 is 0 Å². The minimum absolute atomic E-state index is 0.0641. The first-order valence-corrected chi connectivity index (χ1v) is 4.46. The fourth-order valence-electron chi connectivity index (χ4n) is 1.09. The highest BCUT2D eigenvalue weighted by molar-refractivity contribution is 5.99. The molecule has 0 aliphatic rings. The molecular weight excluding hydrogens is 223 g/mol. The third-order valence-corrected chi connectivity index (χ3v) is 1.76. The lowest BCUT2D eigenvalue weighted by Gasteiger charge is -2.11. The van der Waals surface area contributed by atoms with Crippen LogP contribution in [0.1, 0.15) is 10.4 Å². The first-order valence-electron chi connectivity index (χ1n) is 4.46. The van der Waals surface area contributed by atoms with Crippen molar-refractivity contribution in [2.75, 3.05) is 13.2 Å². The number of halogens is 3. The molecule has 0 saturated carbocycles. The lowest BCUT2D eigenvalue weighted by Crippen LogP contribution is -2.21. The van der Waals surface area contributed by atoms with Crippen LogP contribution in [-0.2, 0) is 0 Å². The Hall–Kier alpha value is -1.56. The second kappa shape index (κ2) is 4.98. The summed E-state index contributed by atoms with van der Waals surface area (Å²) in [7, 11) is 0. The maximum atomic E-state index is 11.9. The first kappa shape index (κ1) is 12.5. The fourth-order valence-corrected chi connectivity index (χ4v) is 1.09. The number of hydrogen-bond acceptors (Lipinski definition) is 3. The summed E-state index contributed by atoms with van der Waals surface area (Å²) in [6, 6.07) is 5.69. The molecule has 1 rings (SSSR count). The Morgan fingerprint density at radius 3 is 2.50 bits per heavy atom. The number of Topliss-reactive ketones (excluding diaryl/α,β-unsaturated/α-hetero) is 1. The van der Waals surface area contributed by atoms with Gasteiger partial charge in [-0.15, -0.1) is 0 Å². The molecule has 0 fully saturated rings. The molecule has 0 radical (unpaired) electrons. The number of hydrogen-bond donors (Lipinski definition) is 1. The predicted octanol–water partition coefficient (Wildman–Crippen LogP) is 1.77. The number of benzene rings is 1. The van der Waals surface area contributed by atoms with E-state index in [2.05, 4.69) is 4.74 Å². The van der Waals surface area contributed by atoms with Crippen LogP contribution in [0.5, 0.6) is 5.75 Å². The van der Waals surface area contributed by atoms with Gasteiger partial charge in [0.05, 0.1) is 12.1 Å². The number of alkyl halides is 3. The summed E-state index contributed by atoms with van der Waals surface area (Å²) in [5.41, 5.74) is 5.19. The van der Waals surface area contributed by atoms with Gasteiger partial charge in [0.15, 0.2) is 12.4 Å². The summed E-state index contributed by atoms with van der Waals surface area (Å²) in [4.78, 5) is 11.3. The molecule has 0 spiro atoms. The van der Waals surface area contributed by atoms with Gasteiger partial charge in [-0.3, -0.25) is 4.79 Å². The van der Waals surface area contributed by atoms with E-state index in [-0.39, 0.29) is 17.9 Å². The van der Waals surface area contributed by atoms with Gasteiger partial charge in [-0.1, -0.05) is 12.1 Å². The van der Waals surface area contributed by atoms with E-state index in [0.29, 0.717) is 0 Å². The van der Waals surface area contributed by atoms with Crippen LogP contribution in [-0.4, -0.2) is 25.1 Å². The van der Waals surface area contributed by atoms with E-state index in [0.717, 1.165) is 0 Å². The molecule has 0 saturated heterocycles. The van der Waals surface area contributed by atoms with Crippen molar-refractivity contribution >= 4 is 5.78 Å². The predicted molar refractivity (Wildman–Crippen MR) is 51.4 cm³/mol. The van der Waals surface area contributed by atoms with Crippen molar-refractivity contribution in [2.24, 2.45) is 5.73 Å². The summed E-state index contributed by atoms with van der Waals surface area (Å²) in [6.45, 7) is -1.70. The van der Waals surface area contributed by atoms with E-state index in [1.165, 1.54) is 24.3 Å². The smallest absolute Gasteiger partial charge is 0.422 e. The highest BCUT2D eigenvalue weighted by atomic mass is 19.4. The second-order valence-corrected chi connectivity index (χ2v) is 3.03. The average molecular weight is 233 g/mol. The van der Waals surface area contributed by atoms with Gasteiger partial charge in [-0.25, -0.2) is 0 Å². The Bertz CT molecular complexity index is 377. The van der Waals surface area contributed by atoms with Gasteiger partial charge in [-0.05, 0) is 12.1 Å². The van der Waals surface area contributed by atoms with E-state index in [1.807, 2.05) is 0 Å². The molecular formula is C10H10F3NO2. The highest BCUT2D eigenvalue weighted by Crippen LogP contribution is 2.22. The number of carbonyl (C=O) groups is 1. The van der Waals surface area contributed by atoms with Crippen molar-refractivity contribution < 1.29 is 22.7 Å². The van der Waals surface area contributed by atoms with Gasteiger partial charge in [0, 0.05) is 0 Å². The van der Waals surface area contributed by atoms with Crippen LogP contribution in [0, 0.1) is 0 Å². The van der Waals surface area contributed by atoms with E-state index in [1.54, 1.807) is 0 Å². The molecule has 0 unspecified atom stereocenters. The van der Waals surface area contributed by atoms with Crippen molar-refractivity contribution in [3.63, 3.8) is 0 Å². The van der Waals surface area contributed by atoms with Crippen molar-refractivity contribution in [3.8, 4) is 5.75 Å². The van der Waals surface area contributed by atoms with Gasteiger partial charge in [0.2, 0.25) is 0 Å². The Balaban J connectivity index is 2.83. The highest BCUT2D eigenvalue weighted by Gasteiger charge is 2.29. The largest absolute Gasteiger partial charge is 0.483 e. The number of carbonyl (C=O) groups excluding carboxylic acids is 1. The summed E-state index contributed by atoms with van der Waals surface area (Å²) in [6.07, 6.45) is -4.43. The Morgan fingerprint density at radius 1 is 1.31 bits per heavy atom. The van der Waals surface area contributed by atoms with Gasteiger partial charge >= 0.3 is 6.18 Å². The quantitative estimate of drug-likeness (QED) is 0.806. The van der Waals surface area contributed by atoms with Crippen LogP contribution in [0.3, 0.4) is 0 Å². The van der Waals surface area contributed by atoms with Crippen molar-refractivity contribution in [2.45, 2.75) is 6.18 Å². The number of nitrogens with two attached hydrogens (primary N) is 1. The van der Waals surface area contributed by atoms with Crippen LogP contribution in [0.2, 0.25) is 0 Å². The molecule has 88 valence electrons. The van der Waals surface area contributed by atoms with Crippen molar-refractivity contribution in [1.82, 2.24) is 0 Å². The average Bonchev–Trinajstić information content (AvgIpc) is 2.25. The fraction of sp³-hybridized carbons (Fsp3) is 0.300. The number of para-hydroxylation sites is 1. The van der Waals surface area contributed by atoms with Crippen LogP contribution < -0.4 is 10.5 Å². The molecule has 1 aromatic rings. The van der Waals surface area contributed by atoms with Gasteiger partial charge in [-0.2, -0.15) is 13.2 Å². The molecule has 0 aromatic heterocycles. The standard InChI is InChI=1S/C10H10F3NO2/c11-10(12,13)6-16-9-4-2-1-3-7(9)8(15)5-14/h1-4H,5-6,14H2. The van der Waals surface area contributed by atoms with Gasteiger partial charge < -0.3 is 10.5 Å². The molecule has 3 nitrogen and oxygen atoms in total.